The maximum absolute atomic E-state index is 12.3. The number of hydrogen-bond acceptors (Lipinski definition) is 7. The van der Waals surface area contributed by atoms with Crippen LogP contribution in [0.15, 0.2) is 10.2 Å². The molecule has 1 fully saturated rings. The van der Waals surface area contributed by atoms with E-state index in [1.807, 2.05) is 6.92 Å². The number of H-pyrrole nitrogens is 1. The van der Waals surface area contributed by atoms with Crippen molar-refractivity contribution < 1.29 is 9.59 Å². The van der Waals surface area contributed by atoms with Crippen molar-refractivity contribution in [3.8, 4) is 0 Å². The monoisotopic (exact) mass is 337 g/mol. The molecule has 3 heterocycles. The van der Waals surface area contributed by atoms with Gasteiger partial charge >= 0.3 is 5.69 Å². The molecular weight excluding hydrogens is 322 g/mol. The lowest BCUT2D eigenvalue weighted by Crippen LogP contribution is -2.49. The first kappa shape index (κ1) is 15.3. The van der Waals surface area contributed by atoms with Gasteiger partial charge in [0.2, 0.25) is 5.82 Å². The van der Waals surface area contributed by atoms with E-state index in [0.29, 0.717) is 25.2 Å². The van der Waals surface area contributed by atoms with Crippen molar-refractivity contribution >= 4 is 23.3 Å². The van der Waals surface area contributed by atoms with Gasteiger partial charge in [-0.1, -0.05) is 4.49 Å². The summed E-state index contributed by atoms with van der Waals surface area (Å²) in [5, 5.41) is 12.0. The summed E-state index contributed by atoms with van der Waals surface area (Å²) < 4.78 is 4.73. The first-order valence-corrected chi connectivity index (χ1v) is 7.74. The van der Waals surface area contributed by atoms with E-state index < -0.39 is 17.1 Å². The molecule has 1 aliphatic heterocycles. The molecule has 1 atom stereocenters. The van der Waals surface area contributed by atoms with E-state index >= 15 is 0 Å². The van der Waals surface area contributed by atoms with Gasteiger partial charge in [0.25, 0.3) is 11.8 Å². The van der Waals surface area contributed by atoms with Gasteiger partial charge in [-0.05, 0) is 24.9 Å². The Morgan fingerprint density at radius 3 is 2.87 bits per heavy atom. The van der Waals surface area contributed by atoms with Crippen molar-refractivity contribution in [1.82, 2.24) is 34.6 Å². The van der Waals surface area contributed by atoms with Gasteiger partial charge in [-0.3, -0.25) is 14.6 Å². The van der Waals surface area contributed by atoms with Crippen LogP contribution in [0, 0.1) is 0 Å². The van der Waals surface area contributed by atoms with E-state index in [2.05, 4.69) is 25.0 Å². The third kappa shape index (κ3) is 2.99. The Morgan fingerprint density at radius 1 is 1.48 bits per heavy atom. The van der Waals surface area contributed by atoms with Crippen LogP contribution in [-0.2, 0) is 7.05 Å². The highest BCUT2D eigenvalue weighted by atomic mass is 32.1. The minimum atomic E-state index is -0.593. The molecule has 1 saturated heterocycles. The van der Waals surface area contributed by atoms with Crippen molar-refractivity contribution in [1.29, 1.82) is 0 Å². The Morgan fingerprint density at radius 2 is 2.26 bits per heavy atom. The number of amides is 2. The third-order valence-electron chi connectivity index (χ3n) is 3.74. The van der Waals surface area contributed by atoms with Crippen molar-refractivity contribution in [2.75, 3.05) is 13.1 Å². The summed E-state index contributed by atoms with van der Waals surface area (Å²) in [6.07, 6.45) is 0.596. The van der Waals surface area contributed by atoms with Crippen LogP contribution in [0.5, 0.6) is 0 Å². The summed E-state index contributed by atoms with van der Waals surface area (Å²) in [4.78, 5) is 39.8. The fraction of sp³-hybridized carbons (Fsp3) is 0.500. The lowest BCUT2D eigenvalue weighted by molar-refractivity contribution is 0.0762. The molecule has 0 bridgehead atoms. The van der Waals surface area contributed by atoms with Gasteiger partial charge in [-0.25, -0.2) is 9.48 Å². The molecular formula is C12H15N7O3S. The lowest BCUT2D eigenvalue weighted by atomic mass is 10.0. The van der Waals surface area contributed by atoms with Crippen molar-refractivity contribution in [3.05, 3.63) is 27.4 Å². The van der Waals surface area contributed by atoms with Gasteiger partial charge < -0.3 is 10.2 Å². The van der Waals surface area contributed by atoms with Crippen LogP contribution in [-0.4, -0.2) is 59.7 Å². The Kier molecular flexibility index (Phi) is 3.72. The standard InChI is InChI=1S/C12H15N7O3S/c1-12(14-9(20)8-13-11(22)18(2)16-8)3-4-19(6-12)10(21)7-5-23-17-15-7/h5H,3-4,6H2,1-2H3,(H,14,20)(H,13,16,22). The van der Waals surface area contributed by atoms with E-state index in [0.717, 1.165) is 16.2 Å². The van der Waals surface area contributed by atoms with Crippen LogP contribution in [0.3, 0.4) is 0 Å². The second-order valence-corrected chi connectivity index (χ2v) is 6.29. The molecule has 122 valence electrons. The van der Waals surface area contributed by atoms with Gasteiger partial charge in [0.1, 0.15) is 0 Å². The second kappa shape index (κ2) is 5.57. The number of carbonyl (C=O) groups excluding carboxylic acids is 2. The van der Waals surface area contributed by atoms with Crippen molar-refractivity contribution in [3.63, 3.8) is 0 Å². The fourth-order valence-electron chi connectivity index (χ4n) is 2.49. The molecule has 0 aliphatic carbocycles. The zero-order chi connectivity index (χ0) is 16.6. The number of carbonyl (C=O) groups is 2. The molecule has 1 aliphatic rings. The van der Waals surface area contributed by atoms with Crippen molar-refractivity contribution in [2.45, 2.75) is 18.9 Å². The first-order chi connectivity index (χ1) is 10.9. The normalized spacial score (nSPS) is 20.7. The fourth-order valence-corrected chi connectivity index (χ4v) is 2.92. The topological polar surface area (TPSA) is 126 Å². The molecule has 1 unspecified atom stereocenters. The van der Waals surface area contributed by atoms with Crippen LogP contribution >= 0.6 is 11.5 Å². The van der Waals surface area contributed by atoms with Crippen LogP contribution in [0.4, 0.5) is 0 Å². The van der Waals surface area contributed by atoms with Crippen LogP contribution in [0.25, 0.3) is 0 Å². The van der Waals surface area contributed by atoms with Crippen molar-refractivity contribution in [2.24, 2.45) is 7.05 Å². The zero-order valence-electron chi connectivity index (χ0n) is 12.6. The molecule has 10 nitrogen and oxygen atoms in total. The van der Waals surface area contributed by atoms with Crippen LogP contribution in [0.2, 0.25) is 0 Å². The summed E-state index contributed by atoms with van der Waals surface area (Å²) in [5.41, 5.74) is -0.746. The van der Waals surface area contributed by atoms with Gasteiger partial charge in [0, 0.05) is 25.5 Å². The summed E-state index contributed by atoms with van der Waals surface area (Å²) in [6.45, 7) is 2.70. The largest absolute Gasteiger partial charge is 0.343 e. The van der Waals surface area contributed by atoms with E-state index in [4.69, 9.17) is 0 Å². The molecule has 2 amide bonds. The Balaban J connectivity index is 1.68. The van der Waals surface area contributed by atoms with Gasteiger partial charge in [0.15, 0.2) is 5.69 Å². The predicted octanol–water partition coefficient (Wildman–Crippen LogP) is -1.01. The van der Waals surface area contributed by atoms with E-state index in [9.17, 15) is 14.4 Å². The zero-order valence-corrected chi connectivity index (χ0v) is 13.4. The number of hydrogen-bond donors (Lipinski definition) is 2. The molecule has 2 N–H and O–H groups in total. The molecule has 2 aromatic rings. The number of aromatic nitrogens is 5. The highest BCUT2D eigenvalue weighted by molar-refractivity contribution is 7.03. The Labute approximate surface area is 134 Å². The predicted molar refractivity (Wildman–Crippen MR) is 80.1 cm³/mol. The number of likely N-dealkylation sites (tertiary alicyclic amines) is 1. The summed E-state index contributed by atoms with van der Waals surface area (Å²) in [5.74, 6) is -0.731. The third-order valence-corrected chi connectivity index (χ3v) is 4.24. The maximum Gasteiger partial charge on any atom is 0.343 e. The molecule has 0 spiro atoms. The number of aromatic amines is 1. The Hall–Kier alpha value is -2.56. The Bertz CT molecular complexity index is 796. The molecule has 0 saturated carbocycles. The minimum Gasteiger partial charge on any atom is -0.342 e. The average Bonchev–Trinajstić information content (AvgIpc) is 3.20. The van der Waals surface area contributed by atoms with Crippen LogP contribution in [0.1, 0.15) is 34.5 Å². The summed E-state index contributed by atoms with van der Waals surface area (Å²) in [7, 11) is 1.45. The quantitative estimate of drug-likeness (QED) is 0.739. The number of rotatable bonds is 3. The molecule has 0 radical (unpaired) electrons. The average molecular weight is 337 g/mol. The summed E-state index contributed by atoms with van der Waals surface area (Å²) >= 11 is 1.12. The SMILES string of the molecule is Cn1nc(C(=O)NC2(C)CCN(C(=O)c3csnn3)C2)[nH]c1=O. The molecule has 3 rings (SSSR count). The smallest absolute Gasteiger partial charge is 0.342 e. The molecule has 23 heavy (non-hydrogen) atoms. The number of aryl methyl sites for hydroxylation is 1. The lowest BCUT2D eigenvalue weighted by Gasteiger charge is -2.25. The van der Waals surface area contributed by atoms with Gasteiger partial charge in [0.05, 0.1) is 5.54 Å². The molecule has 2 aromatic heterocycles. The highest BCUT2D eigenvalue weighted by Crippen LogP contribution is 2.22. The molecule has 0 aromatic carbocycles. The molecule has 11 heteroatoms. The summed E-state index contributed by atoms with van der Waals surface area (Å²) in [6, 6.07) is 0. The first-order valence-electron chi connectivity index (χ1n) is 6.90. The van der Waals surface area contributed by atoms with E-state index in [-0.39, 0.29) is 11.7 Å². The minimum absolute atomic E-state index is 0.0489. The van der Waals surface area contributed by atoms with Gasteiger partial charge in [-0.2, -0.15) is 0 Å². The maximum atomic E-state index is 12.3. The number of nitrogens with zero attached hydrogens (tertiary/aromatic N) is 5. The number of nitrogens with one attached hydrogen (secondary N) is 2. The second-order valence-electron chi connectivity index (χ2n) is 5.68. The van der Waals surface area contributed by atoms with Gasteiger partial charge in [-0.15, -0.1) is 10.2 Å². The van der Waals surface area contributed by atoms with Crippen LogP contribution < -0.4 is 11.0 Å². The van der Waals surface area contributed by atoms with E-state index in [1.165, 1.54) is 7.05 Å². The van der Waals surface area contributed by atoms with E-state index in [1.54, 1.807) is 10.3 Å². The highest BCUT2D eigenvalue weighted by Gasteiger charge is 2.38.